The molecule has 2 aromatic heterocycles. The van der Waals surface area contributed by atoms with Gasteiger partial charge in [0.25, 0.3) is 0 Å². The number of aryl methyl sites for hydroxylation is 1. The first-order valence-corrected chi connectivity index (χ1v) is 6.99. The number of aromatic nitrogens is 3. The summed E-state index contributed by atoms with van der Waals surface area (Å²) < 4.78 is 2.01. The molecule has 0 saturated heterocycles. The number of anilines is 1. The van der Waals surface area contributed by atoms with Gasteiger partial charge < -0.3 is 15.6 Å². The molecule has 102 valence electrons. The Morgan fingerprint density at radius 3 is 3.05 bits per heavy atom. The SMILES string of the molecule is Cn1cnc2c(NCC3CCCC3CN)nccc21. The molecular formula is C14H21N5. The fraction of sp³-hybridized carbons (Fsp3) is 0.571. The van der Waals surface area contributed by atoms with Gasteiger partial charge in [0, 0.05) is 19.8 Å². The van der Waals surface area contributed by atoms with Crippen LogP contribution >= 0.6 is 0 Å². The zero-order valence-electron chi connectivity index (χ0n) is 11.3. The number of nitrogens with two attached hydrogens (primary N) is 1. The largest absolute Gasteiger partial charge is 0.368 e. The van der Waals surface area contributed by atoms with Gasteiger partial charge in [-0.15, -0.1) is 0 Å². The van der Waals surface area contributed by atoms with Gasteiger partial charge in [0.05, 0.1) is 11.8 Å². The summed E-state index contributed by atoms with van der Waals surface area (Å²) in [5.74, 6) is 2.22. The third-order valence-corrected chi connectivity index (χ3v) is 4.29. The summed E-state index contributed by atoms with van der Waals surface area (Å²) in [7, 11) is 2.00. The molecule has 2 aromatic rings. The lowest BCUT2D eigenvalue weighted by atomic mass is 9.96. The molecule has 2 heterocycles. The third-order valence-electron chi connectivity index (χ3n) is 4.29. The first-order chi connectivity index (χ1) is 9.29. The second-order valence-corrected chi connectivity index (χ2v) is 5.45. The molecule has 1 saturated carbocycles. The van der Waals surface area contributed by atoms with Crippen molar-refractivity contribution in [1.29, 1.82) is 0 Å². The van der Waals surface area contributed by atoms with Crippen molar-refractivity contribution >= 4 is 16.9 Å². The topological polar surface area (TPSA) is 68.8 Å². The quantitative estimate of drug-likeness (QED) is 0.877. The van der Waals surface area contributed by atoms with Gasteiger partial charge >= 0.3 is 0 Å². The highest BCUT2D eigenvalue weighted by Gasteiger charge is 2.25. The van der Waals surface area contributed by atoms with E-state index in [0.717, 1.165) is 29.9 Å². The summed E-state index contributed by atoms with van der Waals surface area (Å²) in [6.07, 6.45) is 7.50. The Morgan fingerprint density at radius 2 is 2.21 bits per heavy atom. The highest BCUT2D eigenvalue weighted by molar-refractivity contribution is 5.85. The van der Waals surface area contributed by atoms with Gasteiger partial charge in [-0.3, -0.25) is 0 Å². The Kier molecular flexibility index (Phi) is 3.38. The van der Waals surface area contributed by atoms with E-state index in [1.807, 2.05) is 30.2 Å². The first-order valence-electron chi connectivity index (χ1n) is 6.99. The molecule has 0 radical (unpaired) electrons. The molecule has 2 atom stereocenters. The van der Waals surface area contributed by atoms with Crippen molar-refractivity contribution < 1.29 is 0 Å². The molecule has 1 aliphatic carbocycles. The summed E-state index contributed by atoms with van der Waals surface area (Å²) in [4.78, 5) is 8.83. The average Bonchev–Trinajstić information content (AvgIpc) is 3.03. The minimum absolute atomic E-state index is 0.662. The minimum atomic E-state index is 0.662. The smallest absolute Gasteiger partial charge is 0.154 e. The number of pyridine rings is 1. The van der Waals surface area contributed by atoms with E-state index in [-0.39, 0.29) is 0 Å². The lowest BCUT2D eigenvalue weighted by molar-refractivity contribution is 0.414. The van der Waals surface area contributed by atoms with Gasteiger partial charge in [0.2, 0.25) is 0 Å². The van der Waals surface area contributed by atoms with Crippen molar-refractivity contribution in [2.24, 2.45) is 24.6 Å². The van der Waals surface area contributed by atoms with Crippen LogP contribution < -0.4 is 11.1 Å². The molecule has 0 aromatic carbocycles. The zero-order valence-corrected chi connectivity index (χ0v) is 11.3. The fourth-order valence-electron chi connectivity index (χ4n) is 3.11. The lowest BCUT2D eigenvalue weighted by Gasteiger charge is -2.18. The molecule has 19 heavy (non-hydrogen) atoms. The van der Waals surface area contributed by atoms with Crippen LogP contribution in [0.3, 0.4) is 0 Å². The molecule has 0 aliphatic heterocycles. The predicted octanol–water partition coefficient (Wildman–Crippen LogP) is 1.76. The monoisotopic (exact) mass is 259 g/mol. The van der Waals surface area contributed by atoms with E-state index in [9.17, 15) is 0 Å². The second kappa shape index (κ2) is 5.17. The van der Waals surface area contributed by atoms with Crippen molar-refractivity contribution in [2.45, 2.75) is 19.3 Å². The van der Waals surface area contributed by atoms with Crippen molar-refractivity contribution in [1.82, 2.24) is 14.5 Å². The van der Waals surface area contributed by atoms with Crippen LogP contribution in [0.2, 0.25) is 0 Å². The second-order valence-electron chi connectivity index (χ2n) is 5.45. The van der Waals surface area contributed by atoms with Crippen LogP contribution in [0, 0.1) is 11.8 Å². The van der Waals surface area contributed by atoms with E-state index in [2.05, 4.69) is 15.3 Å². The third kappa shape index (κ3) is 2.30. The van der Waals surface area contributed by atoms with Crippen LogP contribution in [-0.2, 0) is 7.05 Å². The van der Waals surface area contributed by atoms with Crippen molar-refractivity contribution in [2.75, 3.05) is 18.4 Å². The van der Waals surface area contributed by atoms with E-state index in [1.54, 1.807) is 0 Å². The number of rotatable bonds is 4. The predicted molar refractivity (Wildman–Crippen MR) is 76.9 cm³/mol. The summed E-state index contributed by atoms with van der Waals surface area (Å²) >= 11 is 0. The highest BCUT2D eigenvalue weighted by Crippen LogP contribution is 2.31. The van der Waals surface area contributed by atoms with Gasteiger partial charge in [0.15, 0.2) is 5.82 Å². The van der Waals surface area contributed by atoms with E-state index in [4.69, 9.17) is 5.73 Å². The molecule has 1 aliphatic rings. The Morgan fingerprint density at radius 1 is 1.37 bits per heavy atom. The number of nitrogens with one attached hydrogen (secondary N) is 1. The standard InChI is InChI=1S/C14H21N5/c1-19-9-18-13-12(19)5-6-16-14(13)17-8-11-4-2-3-10(11)7-15/h5-6,9-11H,2-4,7-8,15H2,1H3,(H,16,17). The van der Waals surface area contributed by atoms with Crippen molar-refractivity contribution in [3.63, 3.8) is 0 Å². The van der Waals surface area contributed by atoms with Crippen LogP contribution in [0.25, 0.3) is 11.0 Å². The normalized spacial score (nSPS) is 23.1. The molecule has 3 rings (SSSR count). The Bertz CT molecular complexity index is 562. The van der Waals surface area contributed by atoms with Crippen LogP contribution in [0.15, 0.2) is 18.6 Å². The Hall–Kier alpha value is -1.62. The molecule has 5 nitrogen and oxygen atoms in total. The summed E-state index contributed by atoms with van der Waals surface area (Å²) in [6.45, 7) is 1.75. The average molecular weight is 259 g/mol. The molecule has 5 heteroatoms. The Labute approximate surface area is 113 Å². The number of nitrogens with zero attached hydrogens (tertiary/aromatic N) is 3. The van der Waals surface area contributed by atoms with Gasteiger partial charge in [-0.05, 0) is 37.3 Å². The highest BCUT2D eigenvalue weighted by atomic mass is 15.1. The molecule has 1 fully saturated rings. The van der Waals surface area contributed by atoms with Gasteiger partial charge in [-0.1, -0.05) is 6.42 Å². The minimum Gasteiger partial charge on any atom is -0.368 e. The van der Waals surface area contributed by atoms with E-state index in [0.29, 0.717) is 11.8 Å². The number of hydrogen-bond donors (Lipinski definition) is 2. The van der Waals surface area contributed by atoms with E-state index in [1.165, 1.54) is 19.3 Å². The van der Waals surface area contributed by atoms with Crippen molar-refractivity contribution in [3.8, 4) is 0 Å². The molecule has 0 spiro atoms. The molecule has 0 bridgehead atoms. The maximum atomic E-state index is 5.83. The summed E-state index contributed by atoms with van der Waals surface area (Å²) in [5, 5.41) is 3.46. The summed E-state index contributed by atoms with van der Waals surface area (Å²) in [6, 6.07) is 1.99. The van der Waals surface area contributed by atoms with Crippen molar-refractivity contribution in [3.05, 3.63) is 18.6 Å². The number of hydrogen-bond acceptors (Lipinski definition) is 4. The molecule has 3 N–H and O–H groups in total. The maximum Gasteiger partial charge on any atom is 0.154 e. The van der Waals surface area contributed by atoms with Gasteiger partial charge in [-0.2, -0.15) is 0 Å². The fourth-order valence-corrected chi connectivity index (χ4v) is 3.11. The van der Waals surface area contributed by atoms with Crippen LogP contribution in [0.5, 0.6) is 0 Å². The van der Waals surface area contributed by atoms with Crippen LogP contribution in [0.1, 0.15) is 19.3 Å². The van der Waals surface area contributed by atoms with E-state index < -0.39 is 0 Å². The lowest BCUT2D eigenvalue weighted by Crippen LogP contribution is -2.24. The summed E-state index contributed by atoms with van der Waals surface area (Å²) in [5.41, 5.74) is 7.89. The number of fused-ring (bicyclic) bond motifs is 1. The molecule has 0 amide bonds. The number of imidazole rings is 1. The maximum absolute atomic E-state index is 5.83. The first kappa shape index (κ1) is 12.4. The zero-order chi connectivity index (χ0) is 13.2. The van der Waals surface area contributed by atoms with Gasteiger partial charge in [0.1, 0.15) is 5.52 Å². The Balaban J connectivity index is 1.75. The molecular weight excluding hydrogens is 238 g/mol. The molecule has 2 unspecified atom stereocenters. The van der Waals surface area contributed by atoms with Crippen LogP contribution in [0.4, 0.5) is 5.82 Å². The van der Waals surface area contributed by atoms with Crippen LogP contribution in [-0.4, -0.2) is 27.6 Å². The van der Waals surface area contributed by atoms with E-state index >= 15 is 0 Å². The van der Waals surface area contributed by atoms with Gasteiger partial charge in [-0.25, -0.2) is 9.97 Å².